The fraction of sp³-hybridized carbons (Fsp3) is 0.783. The van der Waals surface area contributed by atoms with E-state index in [1.54, 1.807) is 0 Å². The van der Waals surface area contributed by atoms with E-state index >= 15 is 0 Å². The molecule has 0 aliphatic rings. The molecule has 0 atom stereocenters. The molecule has 7 heteroatoms. The van der Waals surface area contributed by atoms with Crippen molar-refractivity contribution < 1.29 is 34.2 Å². The summed E-state index contributed by atoms with van der Waals surface area (Å²) in [6.45, 7) is 0.789. The Kier molecular flexibility index (Phi) is 16.8. The van der Waals surface area contributed by atoms with Crippen molar-refractivity contribution in [1.29, 1.82) is 0 Å². The lowest BCUT2D eigenvalue weighted by Gasteiger charge is -2.36. The molecule has 0 aromatic rings. The molecule has 0 bridgehead atoms. The standard InChI is InChI=1S/C23H41NO6/c1-2-3-4-5-6-7-8-9-10-11-12-13-14-15-16-17-24(18-21(25)26,19-22(27)28)20-23(29)30/h10-11H,2-9,12-20H2,1H3,(H2-,25,26,27,28,29,30)/b11-10+. The van der Waals surface area contributed by atoms with Gasteiger partial charge in [-0.25, -0.2) is 9.59 Å². The van der Waals surface area contributed by atoms with E-state index in [1.165, 1.54) is 44.9 Å². The first kappa shape index (κ1) is 28.1. The van der Waals surface area contributed by atoms with Crippen LogP contribution in [0.15, 0.2) is 12.2 Å². The van der Waals surface area contributed by atoms with Gasteiger partial charge in [-0.1, -0.05) is 64.0 Å². The maximum atomic E-state index is 11.1. The minimum absolute atomic E-state index is 0.209. The molecule has 0 rings (SSSR count). The van der Waals surface area contributed by atoms with Crippen molar-refractivity contribution in [3.63, 3.8) is 0 Å². The van der Waals surface area contributed by atoms with Crippen molar-refractivity contribution in [2.75, 3.05) is 26.2 Å². The average molecular weight is 428 g/mol. The van der Waals surface area contributed by atoms with Gasteiger partial charge < -0.3 is 24.6 Å². The highest BCUT2D eigenvalue weighted by Crippen LogP contribution is 2.13. The second kappa shape index (κ2) is 17.9. The van der Waals surface area contributed by atoms with E-state index in [0.29, 0.717) is 6.42 Å². The summed E-state index contributed by atoms with van der Waals surface area (Å²) in [6.07, 6.45) is 19.2. The van der Waals surface area contributed by atoms with Crippen LogP contribution in [0.1, 0.15) is 90.4 Å². The van der Waals surface area contributed by atoms with Gasteiger partial charge >= 0.3 is 11.9 Å². The molecule has 0 radical (unpaired) electrons. The van der Waals surface area contributed by atoms with Gasteiger partial charge in [0.05, 0.1) is 12.5 Å². The Hall–Kier alpha value is -1.89. The van der Waals surface area contributed by atoms with Crippen LogP contribution >= 0.6 is 0 Å². The van der Waals surface area contributed by atoms with Crippen LogP contribution in [0.25, 0.3) is 0 Å². The van der Waals surface area contributed by atoms with Crippen LogP contribution in [0.5, 0.6) is 0 Å². The lowest BCUT2D eigenvalue weighted by molar-refractivity contribution is -0.909. The Balaban J connectivity index is 3.99. The minimum Gasteiger partial charge on any atom is -0.544 e. The van der Waals surface area contributed by atoms with Crippen LogP contribution in [-0.4, -0.2) is 58.8 Å². The summed E-state index contributed by atoms with van der Waals surface area (Å²) < 4.78 is -0.509. The first-order chi connectivity index (χ1) is 14.3. The van der Waals surface area contributed by atoms with Crippen molar-refractivity contribution in [3.05, 3.63) is 12.2 Å². The quantitative estimate of drug-likeness (QED) is 0.165. The van der Waals surface area contributed by atoms with E-state index in [4.69, 9.17) is 10.2 Å². The molecule has 0 amide bonds. The number of hydrogen-bond acceptors (Lipinski definition) is 4. The summed E-state index contributed by atoms with van der Waals surface area (Å²) in [5.74, 6) is -3.84. The number of quaternary nitrogens is 1. The maximum absolute atomic E-state index is 11.1. The van der Waals surface area contributed by atoms with Crippen molar-refractivity contribution >= 4 is 17.9 Å². The highest BCUT2D eigenvalue weighted by molar-refractivity contribution is 5.72. The van der Waals surface area contributed by atoms with Crippen LogP contribution in [0.2, 0.25) is 0 Å². The van der Waals surface area contributed by atoms with Crippen molar-refractivity contribution in [2.24, 2.45) is 0 Å². The van der Waals surface area contributed by atoms with Crippen LogP contribution in [0, 0.1) is 0 Å². The molecule has 2 N–H and O–H groups in total. The van der Waals surface area contributed by atoms with E-state index in [2.05, 4.69) is 19.1 Å². The van der Waals surface area contributed by atoms with Gasteiger partial charge in [-0.3, -0.25) is 0 Å². The number of carboxylic acid groups (broad SMARTS) is 3. The van der Waals surface area contributed by atoms with Gasteiger partial charge in [0.1, 0.15) is 6.54 Å². The molecule has 0 aliphatic heterocycles. The van der Waals surface area contributed by atoms with Gasteiger partial charge in [0.2, 0.25) is 0 Å². The maximum Gasteiger partial charge on any atom is 0.359 e. The second-order valence-corrected chi connectivity index (χ2v) is 8.28. The van der Waals surface area contributed by atoms with E-state index in [0.717, 1.165) is 32.1 Å². The number of carbonyl (C=O) groups excluding carboxylic acids is 1. The molecular weight excluding hydrogens is 386 g/mol. The topological polar surface area (TPSA) is 115 Å². The first-order valence-corrected chi connectivity index (χ1v) is 11.4. The van der Waals surface area contributed by atoms with Gasteiger partial charge in [0, 0.05) is 0 Å². The number of hydrogen-bond donors (Lipinski definition) is 2. The Labute approximate surface area is 181 Å². The van der Waals surface area contributed by atoms with Crippen LogP contribution < -0.4 is 5.11 Å². The van der Waals surface area contributed by atoms with E-state index in [9.17, 15) is 19.5 Å². The number of rotatable bonds is 21. The lowest BCUT2D eigenvalue weighted by atomic mass is 10.1. The molecule has 0 fully saturated rings. The summed E-state index contributed by atoms with van der Waals surface area (Å²) in [7, 11) is 0. The number of nitrogens with zero attached hydrogens (tertiary/aromatic N) is 1. The lowest BCUT2D eigenvalue weighted by Crippen LogP contribution is -2.59. The van der Waals surface area contributed by atoms with Crippen molar-refractivity contribution in [3.8, 4) is 0 Å². The number of carboxylic acids is 3. The van der Waals surface area contributed by atoms with Crippen molar-refractivity contribution in [2.45, 2.75) is 90.4 Å². The Morgan fingerprint density at radius 2 is 1.13 bits per heavy atom. The summed E-state index contributed by atoms with van der Waals surface area (Å²) in [6, 6.07) is 0. The molecule has 0 spiro atoms. The Morgan fingerprint density at radius 3 is 1.57 bits per heavy atom. The molecule has 0 heterocycles. The highest BCUT2D eigenvalue weighted by Gasteiger charge is 2.33. The molecule has 0 saturated heterocycles. The number of aliphatic carboxylic acids is 3. The third-order valence-corrected chi connectivity index (χ3v) is 5.30. The molecule has 0 saturated carbocycles. The normalized spacial score (nSPS) is 11.8. The molecule has 30 heavy (non-hydrogen) atoms. The van der Waals surface area contributed by atoms with Crippen molar-refractivity contribution in [1.82, 2.24) is 0 Å². The van der Waals surface area contributed by atoms with E-state index in [-0.39, 0.29) is 6.54 Å². The van der Waals surface area contributed by atoms with Gasteiger partial charge in [0.25, 0.3) is 0 Å². The first-order valence-electron chi connectivity index (χ1n) is 11.4. The van der Waals surface area contributed by atoms with Crippen LogP contribution in [0.4, 0.5) is 0 Å². The monoisotopic (exact) mass is 427 g/mol. The zero-order chi connectivity index (χ0) is 22.7. The summed E-state index contributed by atoms with van der Waals surface area (Å²) in [5, 5.41) is 29.2. The third-order valence-electron chi connectivity index (χ3n) is 5.30. The van der Waals surface area contributed by atoms with E-state index < -0.39 is 42.0 Å². The summed E-state index contributed by atoms with van der Waals surface area (Å²) in [4.78, 5) is 33.2. The third kappa shape index (κ3) is 17.0. The fourth-order valence-corrected chi connectivity index (χ4v) is 3.77. The summed E-state index contributed by atoms with van der Waals surface area (Å²) >= 11 is 0. The molecule has 174 valence electrons. The Bertz CT molecular complexity index is 477. The number of unbranched alkanes of at least 4 members (excludes halogenated alkanes) is 11. The zero-order valence-corrected chi connectivity index (χ0v) is 18.7. The number of allylic oxidation sites excluding steroid dienone is 2. The fourth-order valence-electron chi connectivity index (χ4n) is 3.77. The number of carbonyl (C=O) groups is 3. The molecule has 0 aromatic carbocycles. The second-order valence-electron chi connectivity index (χ2n) is 8.28. The van der Waals surface area contributed by atoms with Gasteiger partial charge in [-0.2, -0.15) is 0 Å². The molecule has 7 nitrogen and oxygen atoms in total. The molecule has 0 unspecified atom stereocenters. The predicted octanol–water partition coefficient (Wildman–Crippen LogP) is 3.37. The highest BCUT2D eigenvalue weighted by atomic mass is 16.4. The average Bonchev–Trinajstić information content (AvgIpc) is 2.63. The smallest absolute Gasteiger partial charge is 0.359 e. The van der Waals surface area contributed by atoms with Crippen LogP contribution in [-0.2, 0) is 14.4 Å². The predicted molar refractivity (Wildman–Crippen MR) is 115 cm³/mol. The minimum atomic E-state index is -1.43. The molecule has 0 aliphatic carbocycles. The Morgan fingerprint density at radius 1 is 0.700 bits per heavy atom. The SMILES string of the molecule is CCCCCCCCC/C=C/CCCCCC[N+](CC(=O)[O-])(CC(=O)O)CC(=O)O. The van der Waals surface area contributed by atoms with Gasteiger partial charge in [-0.15, -0.1) is 0 Å². The largest absolute Gasteiger partial charge is 0.544 e. The summed E-state index contributed by atoms with van der Waals surface area (Å²) in [5.41, 5.74) is 0. The zero-order valence-electron chi connectivity index (χ0n) is 18.7. The van der Waals surface area contributed by atoms with Crippen LogP contribution in [0.3, 0.4) is 0 Å². The molecule has 0 aromatic heterocycles. The van der Waals surface area contributed by atoms with E-state index in [1.807, 2.05) is 0 Å². The molecular formula is C23H41NO6. The van der Waals surface area contributed by atoms with Gasteiger partial charge in [-0.05, 0) is 38.5 Å². The van der Waals surface area contributed by atoms with Gasteiger partial charge in [0.15, 0.2) is 13.1 Å².